The molecule has 2 rings (SSSR count). The maximum absolute atomic E-state index is 13.0. The Hall–Kier alpha value is -3.12. The van der Waals surface area contributed by atoms with Crippen LogP contribution >= 0.6 is 0 Å². The number of nitriles is 2. The molecule has 1 aromatic heterocycles. The van der Waals surface area contributed by atoms with Crippen molar-refractivity contribution in [1.29, 1.82) is 10.5 Å². The summed E-state index contributed by atoms with van der Waals surface area (Å²) in [5.74, 6) is -0.167. The quantitative estimate of drug-likeness (QED) is 0.896. The fraction of sp³-hybridized carbons (Fsp3) is 0.0714. The van der Waals surface area contributed by atoms with E-state index in [1.807, 2.05) is 12.1 Å². The molecule has 0 radical (unpaired) electrons. The zero-order valence-electron chi connectivity index (χ0n) is 10.6. The predicted octanol–water partition coefficient (Wildman–Crippen LogP) is 1.64. The van der Waals surface area contributed by atoms with Crippen LogP contribution in [0.15, 0.2) is 24.3 Å². The van der Waals surface area contributed by atoms with E-state index in [0.29, 0.717) is 11.1 Å². The number of ether oxygens (including phenoxy) is 1. The van der Waals surface area contributed by atoms with Crippen LogP contribution in [0.1, 0.15) is 11.1 Å². The number of H-pyrrole nitrogens is 1. The van der Waals surface area contributed by atoms with Gasteiger partial charge in [-0.3, -0.25) is 5.73 Å². The van der Waals surface area contributed by atoms with Gasteiger partial charge in [0.05, 0.1) is 7.11 Å². The van der Waals surface area contributed by atoms with Gasteiger partial charge in [0, 0.05) is 5.56 Å². The molecule has 1 aromatic carbocycles. The highest BCUT2D eigenvalue weighted by molar-refractivity contribution is 5.80. The van der Waals surface area contributed by atoms with Gasteiger partial charge in [0.15, 0.2) is 5.56 Å². The number of aromatic amines is 1. The maximum atomic E-state index is 13.0. The van der Waals surface area contributed by atoms with E-state index in [1.165, 1.54) is 31.4 Å². The summed E-state index contributed by atoms with van der Waals surface area (Å²) >= 11 is 0. The second-order valence-electron chi connectivity index (χ2n) is 3.93. The van der Waals surface area contributed by atoms with Crippen molar-refractivity contribution in [1.82, 2.24) is 0 Å². The van der Waals surface area contributed by atoms with Crippen LogP contribution in [0.5, 0.6) is 5.88 Å². The van der Waals surface area contributed by atoms with Crippen LogP contribution in [0.2, 0.25) is 0 Å². The fourth-order valence-corrected chi connectivity index (χ4v) is 1.90. The Kier molecular flexibility index (Phi) is 3.49. The summed E-state index contributed by atoms with van der Waals surface area (Å²) in [5.41, 5.74) is 6.86. The molecule has 0 spiro atoms. The molecule has 1 heterocycles. The topological polar surface area (TPSA) is 97.0 Å². The number of hydrogen-bond donors (Lipinski definition) is 1. The summed E-state index contributed by atoms with van der Waals surface area (Å²) in [4.78, 5) is 2.65. The Bertz CT molecular complexity index is 742. The van der Waals surface area contributed by atoms with Crippen molar-refractivity contribution in [3.8, 4) is 29.1 Å². The monoisotopic (exact) mass is 269 g/mol. The lowest BCUT2D eigenvalue weighted by Crippen LogP contribution is -2.18. The molecule has 0 amide bonds. The Morgan fingerprint density at radius 3 is 2.25 bits per heavy atom. The largest absolute Gasteiger partial charge is 0.465 e. The molecule has 0 saturated heterocycles. The Labute approximate surface area is 114 Å². The molecule has 5 nitrogen and oxygen atoms in total. The van der Waals surface area contributed by atoms with Crippen molar-refractivity contribution in [2.24, 2.45) is 0 Å². The molecule has 0 unspecified atom stereocenters. The van der Waals surface area contributed by atoms with E-state index < -0.39 is 5.82 Å². The zero-order chi connectivity index (χ0) is 14.7. The third-order valence-corrected chi connectivity index (χ3v) is 2.81. The number of methoxy groups -OCH3 is 1. The van der Waals surface area contributed by atoms with E-state index in [1.54, 1.807) is 0 Å². The molecule has 2 aromatic rings. The number of benzene rings is 1. The number of nitrogens with one attached hydrogen (secondary N) is 1. The van der Waals surface area contributed by atoms with E-state index in [2.05, 4.69) is 4.98 Å². The molecule has 0 aliphatic rings. The Morgan fingerprint density at radius 1 is 1.15 bits per heavy atom. The standard InChI is InChI=1S/C14H9FN4O/c1-20-14-11(7-17)12(10(6-16)13(18)19-14)8-2-4-9(15)5-3-8/h2-5H,1H3,(H2,18,19)/p+1. The van der Waals surface area contributed by atoms with Crippen LogP contribution in [0, 0.1) is 28.5 Å². The lowest BCUT2D eigenvalue weighted by molar-refractivity contribution is -0.376. The van der Waals surface area contributed by atoms with Crippen LogP contribution in [0.3, 0.4) is 0 Å². The molecule has 0 aliphatic carbocycles. The Morgan fingerprint density at radius 2 is 1.75 bits per heavy atom. The Balaban J connectivity index is 2.85. The molecule has 0 fully saturated rings. The average molecular weight is 269 g/mol. The maximum Gasteiger partial charge on any atom is 0.300 e. The van der Waals surface area contributed by atoms with Crippen LogP contribution in [0.4, 0.5) is 10.2 Å². The van der Waals surface area contributed by atoms with E-state index in [0.717, 1.165) is 0 Å². The summed E-state index contributed by atoms with van der Waals surface area (Å²) < 4.78 is 18.1. The van der Waals surface area contributed by atoms with Gasteiger partial charge >= 0.3 is 5.88 Å². The lowest BCUT2D eigenvalue weighted by atomic mass is 9.96. The van der Waals surface area contributed by atoms with E-state index >= 15 is 0 Å². The molecular weight excluding hydrogens is 259 g/mol. The summed E-state index contributed by atoms with van der Waals surface area (Å²) in [6.07, 6.45) is 0. The molecule has 6 heteroatoms. The fourth-order valence-electron chi connectivity index (χ4n) is 1.90. The number of pyridine rings is 1. The van der Waals surface area contributed by atoms with Crippen molar-refractivity contribution in [2.45, 2.75) is 0 Å². The third kappa shape index (κ3) is 2.11. The number of rotatable bonds is 2. The highest BCUT2D eigenvalue weighted by Crippen LogP contribution is 2.32. The molecule has 0 aliphatic heterocycles. The second kappa shape index (κ2) is 5.25. The minimum absolute atomic E-state index is 0.0858. The average Bonchev–Trinajstić information content (AvgIpc) is 2.46. The molecule has 0 atom stereocenters. The van der Waals surface area contributed by atoms with Crippen LogP contribution < -0.4 is 15.5 Å². The van der Waals surface area contributed by atoms with E-state index in [-0.39, 0.29) is 22.8 Å². The van der Waals surface area contributed by atoms with E-state index in [9.17, 15) is 14.9 Å². The van der Waals surface area contributed by atoms with Gasteiger partial charge in [-0.25, -0.2) is 9.37 Å². The number of hydrogen-bond acceptors (Lipinski definition) is 4. The first-order chi connectivity index (χ1) is 9.62. The summed E-state index contributed by atoms with van der Waals surface area (Å²) in [6, 6.07) is 9.37. The molecule has 0 bridgehead atoms. The molecule has 98 valence electrons. The van der Waals surface area contributed by atoms with E-state index in [4.69, 9.17) is 10.5 Å². The molecule has 3 N–H and O–H groups in total. The number of aromatic nitrogens is 1. The van der Waals surface area contributed by atoms with Crippen molar-refractivity contribution in [2.75, 3.05) is 12.8 Å². The van der Waals surface area contributed by atoms with Crippen molar-refractivity contribution in [3.63, 3.8) is 0 Å². The number of nitrogens with zero attached hydrogens (tertiary/aromatic N) is 2. The summed E-state index contributed by atoms with van der Waals surface area (Å²) in [5, 5.41) is 18.5. The highest BCUT2D eigenvalue weighted by Gasteiger charge is 2.23. The SMILES string of the molecule is COc1[nH+]c(N)c(C#N)c(-c2ccc(F)cc2)c1C#N. The number of nitrogen functional groups attached to an aromatic ring is 1. The third-order valence-electron chi connectivity index (χ3n) is 2.81. The minimum atomic E-state index is -0.409. The van der Waals surface area contributed by atoms with Gasteiger partial charge in [0.1, 0.15) is 23.5 Å². The minimum Gasteiger partial charge on any atom is -0.465 e. The van der Waals surface area contributed by atoms with Gasteiger partial charge in [-0.05, 0) is 17.7 Å². The van der Waals surface area contributed by atoms with Crippen molar-refractivity contribution in [3.05, 3.63) is 41.2 Å². The van der Waals surface area contributed by atoms with Gasteiger partial charge in [-0.15, -0.1) is 0 Å². The summed E-state index contributed by atoms with van der Waals surface area (Å²) in [6.45, 7) is 0. The normalized spacial score (nSPS) is 9.60. The van der Waals surface area contributed by atoms with Crippen molar-refractivity contribution >= 4 is 5.82 Å². The molecule has 0 saturated carbocycles. The first kappa shape index (κ1) is 13.3. The second-order valence-corrected chi connectivity index (χ2v) is 3.93. The number of anilines is 1. The van der Waals surface area contributed by atoms with Crippen molar-refractivity contribution < 1.29 is 14.1 Å². The number of halogens is 1. The summed E-state index contributed by atoms with van der Waals surface area (Å²) in [7, 11) is 1.38. The highest BCUT2D eigenvalue weighted by atomic mass is 19.1. The first-order valence-corrected chi connectivity index (χ1v) is 5.61. The lowest BCUT2D eigenvalue weighted by Gasteiger charge is -2.09. The van der Waals surface area contributed by atoms with Gasteiger partial charge in [0.25, 0.3) is 5.82 Å². The number of nitrogens with two attached hydrogens (primary N) is 1. The van der Waals surface area contributed by atoms with Gasteiger partial charge < -0.3 is 4.74 Å². The molecule has 20 heavy (non-hydrogen) atoms. The predicted molar refractivity (Wildman–Crippen MR) is 68.8 cm³/mol. The zero-order valence-corrected chi connectivity index (χ0v) is 10.6. The van der Waals surface area contributed by atoms with Gasteiger partial charge in [-0.2, -0.15) is 10.5 Å². The van der Waals surface area contributed by atoms with Crippen LogP contribution in [-0.4, -0.2) is 7.11 Å². The van der Waals surface area contributed by atoms with Crippen LogP contribution in [-0.2, 0) is 0 Å². The van der Waals surface area contributed by atoms with Crippen LogP contribution in [0.25, 0.3) is 11.1 Å². The molecular formula is C14H10FN4O+. The van der Waals surface area contributed by atoms with Gasteiger partial charge in [0.2, 0.25) is 0 Å². The first-order valence-electron chi connectivity index (χ1n) is 5.61. The van der Waals surface area contributed by atoms with Gasteiger partial charge in [-0.1, -0.05) is 12.1 Å². The smallest absolute Gasteiger partial charge is 0.300 e.